The minimum absolute atomic E-state index is 0.0544. The molecule has 39 heavy (non-hydrogen) atoms. The van der Waals surface area contributed by atoms with Gasteiger partial charge in [-0.15, -0.1) is 0 Å². The second-order valence-corrected chi connectivity index (χ2v) is 11.5. The first-order valence-corrected chi connectivity index (χ1v) is 14.4. The molecule has 0 spiro atoms. The number of methoxy groups -OCH3 is 2. The highest BCUT2D eigenvalue weighted by Crippen LogP contribution is 2.31. The Hall–Kier alpha value is -3.95. The number of amides is 1. The fraction of sp³-hybridized carbons (Fsp3) is 0.267. The van der Waals surface area contributed by atoms with Crippen LogP contribution < -0.4 is 9.47 Å². The summed E-state index contributed by atoms with van der Waals surface area (Å²) in [6, 6.07) is 21.5. The number of nitrogens with zero attached hydrogens (tertiary/aromatic N) is 3. The lowest BCUT2D eigenvalue weighted by molar-refractivity contribution is 0.0627. The second-order valence-electron chi connectivity index (χ2n) is 9.51. The van der Waals surface area contributed by atoms with Gasteiger partial charge < -0.3 is 14.4 Å². The number of sulfone groups is 1. The molecule has 9 heteroatoms. The lowest BCUT2D eigenvalue weighted by atomic mass is 10.1. The smallest absolute Gasteiger partial charge is 0.253 e. The molecule has 0 atom stereocenters. The molecule has 2 heterocycles. The summed E-state index contributed by atoms with van der Waals surface area (Å²) < 4.78 is 37.3. The van der Waals surface area contributed by atoms with Crippen LogP contribution in [0, 0.1) is 0 Å². The average Bonchev–Trinajstić information content (AvgIpc) is 2.97. The number of aromatic nitrogens is 1. The van der Waals surface area contributed by atoms with Crippen LogP contribution in [0.5, 0.6) is 11.5 Å². The first-order valence-electron chi connectivity index (χ1n) is 12.8. The maximum absolute atomic E-state index is 13.2. The van der Waals surface area contributed by atoms with Gasteiger partial charge in [0.05, 0.1) is 30.4 Å². The summed E-state index contributed by atoms with van der Waals surface area (Å²) in [6.07, 6.45) is 1.59. The average molecular weight is 546 g/mol. The van der Waals surface area contributed by atoms with Gasteiger partial charge in [-0.25, -0.2) is 8.42 Å². The number of pyridine rings is 1. The van der Waals surface area contributed by atoms with Gasteiger partial charge in [0.15, 0.2) is 21.3 Å². The molecular weight excluding hydrogens is 514 g/mol. The third kappa shape index (κ3) is 5.74. The molecule has 1 aliphatic heterocycles. The Morgan fingerprint density at radius 2 is 1.59 bits per heavy atom. The second kappa shape index (κ2) is 11.4. The quantitative estimate of drug-likeness (QED) is 0.328. The van der Waals surface area contributed by atoms with E-state index in [1.165, 1.54) is 0 Å². The minimum Gasteiger partial charge on any atom is -0.493 e. The Bertz CT molecular complexity index is 1580. The van der Waals surface area contributed by atoms with Crippen LogP contribution in [0.15, 0.2) is 83.9 Å². The van der Waals surface area contributed by atoms with Crippen molar-refractivity contribution in [1.29, 1.82) is 0 Å². The van der Waals surface area contributed by atoms with Gasteiger partial charge in [-0.3, -0.25) is 14.7 Å². The standard InChI is InChI=1S/C30H31N3O5S/c1-37-26-9-3-7-25(29(26)38-2)20-32-16-18-33(19-17-32)30(34)24-13-11-22(12-14-24)21-39(35,36)27-10-4-6-23-8-5-15-31-28(23)27/h3-15H,16-21H2,1-2H3. The summed E-state index contributed by atoms with van der Waals surface area (Å²) in [5.74, 6) is 1.22. The lowest BCUT2D eigenvalue weighted by Crippen LogP contribution is -2.48. The zero-order valence-electron chi connectivity index (χ0n) is 22.0. The number of rotatable bonds is 8. The number of para-hydroxylation sites is 2. The maximum atomic E-state index is 13.2. The number of hydrogen-bond donors (Lipinski definition) is 0. The lowest BCUT2D eigenvalue weighted by Gasteiger charge is -2.35. The van der Waals surface area contributed by atoms with Crippen molar-refractivity contribution in [3.8, 4) is 11.5 Å². The fourth-order valence-electron chi connectivity index (χ4n) is 4.98. The van der Waals surface area contributed by atoms with Gasteiger partial charge in [0.2, 0.25) is 0 Å². The first kappa shape index (κ1) is 26.6. The molecule has 1 saturated heterocycles. The number of hydrogen-bond acceptors (Lipinski definition) is 7. The molecule has 0 unspecified atom stereocenters. The van der Waals surface area contributed by atoms with Gasteiger partial charge in [0, 0.05) is 55.4 Å². The Balaban J connectivity index is 1.21. The molecule has 1 amide bonds. The third-order valence-corrected chi connectivity index (χ3v) is 8.74. The molecule has 0 aliphatic carbocycles. The van der Waals surface area contributed by atoms with Crippen LogP contribution in [0.4, 0.5) is 0 Å². The van der Waals surface area contributed by atoms with E-state index in [0.29, 0.717) is 42.0 Å². The van der Waals surface area contributed by atoms with Crippen LogP contribution in [0.25, 0.3) is 10.9 Å². The first-order chi connectivity index (χ1) is 18.9. The van der Waals surface area contributed by atoms with E-state index in [2.05, 4.69) is 9.88 Å². The van der Waals surface area contributed by atoms with Crippen LogP contribution in [0.2, 0.25) is 0 Å². The van der Waals surface area contributed by atoms with Crippen LogP contribution in [-0.2, 0) is 22.1 Å². The summed E-state index contributed by atoms with van der Waals surface area (Å²) >= 11 is 0. The molecule has 3 aromatic carbocycles. The van der Waals surface area contributed by atoms with Gasteiger partial charge in [0.25, 0.3) is 5.91 Å². The molecule has 1 aromatic heterocycles. The summed E-state index contributed by atoms with van der Waals surface area (Å²) in [5.41, 5.74) is 2.68. The molecule has 0 radical (unpaired) electrons. The number of piperazine rings is 1. The molecule has 0 N–H and O–H groups in total. The minimum atomic E-state index is -3.62. The molecule has 1 aliphatic rings. The number of carbonyl (C=O) groups excluding carboxylic acids is 1. The highest BCUT2D eigenvalue weighted by atomic mass is 32.2. The molecule has 1 fully saturated rings. The molecule has 0 saturated carbocycles. The topological polar surface area (TPSA) is 89.0 Å². The van der Waals surface area contributed by atoms with Crippen molar-refractivity contribution in [2.45, 2.75) is 17.2 Å². The van der Waals surface area contributed by atoms with Gasteiger partial charge in [0.1, 0.15) is 0 Å². The molecule has 0 bridgehead atoms. The normalized spacial score (nSPS) is 14.4. The maximum Gasteiger partial charge on any atom is 0.253 e. The summed E-state index contributed by atoms with van der Waals surface area (Å²) in [6.45, 7) is 3.39. The Morgan fingerprint density at radius 3 is 2.31 bits per heavy atom. The summed E-state index contributed by atoms with van der Waals surface area (Å²) in [5, 5.41) is 0.780. The molecule has 8 nitrogen and oxygen atoms in total. The van der Waals surface area contributed by atoms with Crippen molar-refractivity contribution in [3.05, 3.63) is 95.7 Å². The van der Waals surface area contributed by atoms with E-state index in [4.69, 9.17) is 9.47 Å². The monoisotopic (exact) mass is 545 g/mol. The highest BCUT2D eigenvalue weighted by Gasteiger charge is 2.24. The van der Waals surface area contributed by atoms with Crippen LogP contribution in [0.3, 0.4) is 0 Å². The molecule has 202 valence electrons. The van der Waals surface area contributed by atoms with Gasteiger partial charge in [-0.2, -0.15) is 0 Å². The molecule has 4 aromatic rings. The Morgan fingerprint density at radius 1 is 0.872 bits per heavy atom. The van der Waals surface area contributed by atoms with Gasteiger partial charge >= 0.3 is 0 Å². The summed E-state index contributed by atoms with van der Waals surface area (Å²) in [4.78, 5) is 21.8. The fourth-order valence-corrected chi connectivity index (χ4v) is 6.52. The SMILES string of the molecule is COc1cccc(CN2CCN(C(=O)c3ccc(CS(=O)(=O)c4cccc5cccnc45)cc3)CC2)c1OC. The van der Waals surface area contributed by atoms with E-state index in [0.717, 1.165) is 29.8 Å². The van der Waals surface area contributed by atoms with E-state index in [-0.39, 0.29) is 16.6 Å². The van der Waals surface area contributed by atoms with Gasteiger partial charge in [-0.1, -0.05) is 42.5 Å². The number of ether oxygens (including phenoxy) is 2. The van der Waals surface area contributed by atoms with Crippen molar-refractivity contribution < 1.29 is 22.7 Å². The number of fused-ring (bicyclic) bond motifs is 1. The predicted octanol–water partition coefficient (Wildman–Crippen LogP) is 4.18. The Kier molecular flexibility index (Phi) is 7.81. The van der Waals surface area contributed by atoms with Crippen molar-refractivity contribution >= 4 is 26.6 Å². The van der Waals surface area contributed by atoms with E-state index >= 15 is 0 Å². The van der Waals surface area contributed by atoms with E-state index in [9.17, 15) is 13.2 Å². The van der Waals surface area contributed by atoms with Crippen LogP contribution in [0.1, 0.15) is 21.5 Å². The van der Waals surface area contributed by atoms with Crippen molar-refractivity contribution in [1.82, 2.24) is 14.8 Å². The van der Waals surface area contributed by atoms with Crippen molar-refractivity contribution in [2.24, 2.45) is 0 Å². The largest absolute Gasteiger partial charge is 0.493 e. The number of benzene rings is 3. The third-order valence-electron chi connectivity index (χ3n) is 7.03. The zero-order chi connectivity index (χ0) is 27.4. The van der Waals surface area contributed by atoms with Gasteiger partial charge in [-0.05, 0) is 35.9 Å². The van der Waals surface area contributed by atoms with E-state index in [1.54, 1.807) is 62.9 Å². The van der Waals surface area contributed by atoms with E-state index < -0.39 is 9.84 Å². The van der Waals surface area contributed by atoms with Crippen molar-refractivity contribution in [2.75, 3.05) is 40.4 Å². The molecule has 5 rings (SSSR count). The Labute approximate surface area is 228 Å². The van der Waals surface area contributed by atoms with E-state index in [1.807, 2.05) is 35.2 Å². The predicted molar refractivity (Wildman–Crippen MR) is 150 cm³/mol. The highest BCUT2D eigenvalue weighted by molar-refractivity contribution is 7.90. The zero-order valence-corrected chi connectivity index (χ0v) is 22.9. The van der Waals surface area contributed by atoms with Crippen molar-refractivity contribution in [3.63, 3.8) is 0 Å². The van der Waals surface area contributed by atoms with Crippen LogP contribution >= 0.6 is 0 Å². The summed E-state index contributed by atoms with van der Waals surface area (Å²) in [7, 11) is -0.352. The van der Waals surface area contributed by atoms with Crippen LogP contribution in [-0.4, -0.2) is 69.5 Å². The molecular formula is C30H31N3O5S. The number of carbonyl (C=O) groups is 1.